The van der Waals surface area contributed by atoms with E-state index in [1.54, 1.807) is 0 Å². The van der Waals surface area contributed by atoms with Crippen molar-refractivity contribution in [3.63, 3.8) is 0 Å². The molecular formula is C56H99O8P. The lowest BCUT2D eigenvalue weighted by molar-refractivity contribution is -0.161. The molecule has 0 fully saturated rings. The first-order chi connectivity index (χ1) is 31.8. The number of phosphoric ester groups is 1. The van der Waals surface area contributed by atoms with Gasteiger partial charge in [-0.1, -0.05) is 222 Å². The average molecular weight is 931 g/mol. The molecule has 0 saturated carbocycles. The predicted octanol–water partition coefficient (Wildman–Crippen LogP) is 17.6. The molecular weight excluding hydrogens is 832 g/mol. The van der Waals surface area contributed by atoms with Crippen molar-refractivity contribution in [3.8, 4) is 0 Å². The molecule has 8 nitrogen and oxygen atoms in total. The minimum atomic E-state index is -4.27. The fourth-order valence-electron chi connectivity index (χ4n) is 7.39. The van der Waals surface area contributed by atoms with Crippen LogP contribution in [0.15, 0.2) is 72.9 Å². The van der Waals surface area contributed by atoms with Crippen molar-refractivity contribution in [2.75, 3.05) is 20.3 Å². The van der Waals surface area contributed by atoms with E-state index in [-0.39, 0.29) is 25.4 Å². The van der Waals surface area contributed by atoms with Crippen LogP contribution >= 0.6 is 7.82 Å². The zero-order valence-electron chi connectivity index (χ0n) is 42.1. The van der Waals surface area contributed by atoms with Crippen LogP contribution in [0.5, 0.6) is 0 Å². The van der Waals surface area contributed by atoms with Gasteiger partial charge in [-0.15, -0.1) is 0 Å². The molecule has 0 saturated heterocycles. The van der Waals surface area contributed by atoms with Gasteiger partial charge < -0.3 is 14.4 Å². The van der Waals surface area contributed by atoms with Gasteiger partial charge in [0.2, 0.25) is 0 Å². The van der Waals surface area contributed by atoms with Crippen LogP contribution in [0, 0.1) is 0 Å². The third kappa shape index (κ3) is 50.7. The van der Waals surface area contributed by atoms with E-state index in [4.69, 9.17) is 14.0 Å². The molecule has 0 aliphatic carbocycles. The lowest BCUT2D eigenvalue weighted by Crippen LogP contribution is -2.29. The first kappa shape index (κ1) is 62.5. The number of phosphoric acid groups is 1. The molecule has 0 aromatic rings. The molecule has 2 unspecified atom stereocenters. The number of carbonyl (C=O) groups is 2. The summed E-state index contributed by atoms with van der Waals surface area (Å²) in [5.74, 6) is -0.807. The number of ether oxygens (including phenoxy) is 2. The molecule has 0 aromatic heterocycles. The summed E-state index contributed by atoms with van der Waals surface area (Å²) in [5, 5.41) is 0. The van der Waals surface area contributed by atoms with Crippen molar-refractivity contribution in [3.05, 3.63) is 72.9 Å². The third-order valence-electron chi connectivity index (χ3n) is 11.4. The zero-order chi connectivity index (χ0) is 47.4. The van der Waals surface area contributed by atoms with Crippen LogP contribution in [-0.4, -0.2) is 43.3 Å². The molecule has 9 heteroatoms. The van der Waals surface area contributed by atoms with Crippen molar-refractivity contribution in [2.24, 2.45) is 0 Å². The van der Waals surface area contributed by atoms with E-state index in [0.717, 1.165) is 84.2 Å². The molecule has 65 heavy (non-hydrogen) atoms. The van der Waals surface area contributed by atoms with Gasteiger partial charge in [-0.05, 0) is 83.5 Å². The Kier molecular flexibility index (Phi) is 48.9. The Bertz CT molecular complexity index is 1280. The quantitative estimate of drug-likeness (QED) is 0.0278. The minimum absolute atomic E-state index is 0.230. The smallest absolute Gasteiger partial charge is 0.462 e. The van der Waals surface area contributed by atoms with E-state index >= 15 is 0 Å². The second-order valence-electron chi connectivity index (χ2n) is 17.6. The first-order valence-electron chi connectivity index (χ1n) is 26.6. The highest BCUT2D eigenvalue weighted by Gasteiger charge is 2.24. The normalized spacial score (nSPS) is 13.7. The third-order valence-corrected chi connectivity index (χ3v) is 12.4. The van der Waals surface area contributed by atoms with Gasteiger partial charge in [-0.25, -0.2) is 4.57 Å². The summed E-state index contributed by atoms with van der Waals surface area (Å²) < 4.78 is 32.2. The Hall–Kier alpha value is -2.51. The summed E-state index contributed by atoms with van der Waals surface area (Å²) in [6, 6.07) is 0. The SMILES string of the molecule is CC/C=C\C/C=C\C/C=C\C/C=C\CCCCCCCCCCCCC(=O)OC(COC(=O)CCCCCCCCCCCCC/C=C\C/C=C\CCCCCCC)COP(=O)(O)OC. The van der Waals surface area contributed by atoms with E-state index in [1.807, 2.05) is 0 Å². The Balaban J connectivity index is 3.90. The maximum Gasteiger partial charge on any atom is 0.472 e. The number of rotatable bonds is 49. The largest absolute Gasteiger partial charge is 0.472 e. The number of allylic oxidation sites excluding steroid dienone is 12. The van der Waals surface area contributed by atoms with Gasteiger partial charge in [-0.3, -0.25) is 18.6 Å². The summed E-state index contributed by atoms with van der Waals surface area (Å²) in [5.41, 5.74) is 0. The topological polar surface area (TPSA) is 108 Å². The van der Waals surface area contributed by atoms with Gasteiger partial charge in [0.25, 0.3) is 0 Å². The molecule has 0 aliphatic rings. The van der Waals surface area contributed by atoms with E-state index in [2.05, 4.69) is 91.3 Å². The molecule has 0 bridgehead atoms. The summed E-state index contributed by atoms with van der Waals surface area (Å²) >= 11 is 0. The molecule has 2 atom stereocenters. The molecule has 0 aromatic carbocycles. The van der Waals surface area contributed by atoms with Crippen LogP contribution in [0.2, 0.25) is 0 Å². The van der Waals surface area contributed by atoms with Crippen LogP contribution in [0.4, 0.5) is 0 Å². The molecule has 376 valence electrons. The molecule has 0 spiro atoms. The van der Waals surface area contributed by atoms with Gasteiger partial charge in [0.1, 0.15) is 6.61 Å². The highest BCUT2D eigenvalue weighted by atomic mass is 31.2. The summed E-state index contributed by atoms with van der Waals surface area (Å²) in [7, 11) is -3.21. The molecule has 0 rings (SSSR count). The number of hydrogen-bond donors (Lipinski definition) is 1. The Morgan fingerprint density at radius 3 is 1.17 bits per heavy atom. The number of hydrogen-bond acceptors (Lipinski definition) is 7. The van der Waals surface area contributed by atoms with Crippen molar-refractivity contribution in [2.45, 2.75) is 251 Å². The van der Waals surface area contributed by atoms with Gasteiger partial charge in [0, 0.05) is 20.0 Å². The van der Waals surface area contributed by atoms with E-state index < -0.39 is 26.5 Å². The van der Waals surface area contributed by atoms with Crippen molar-refractivity contribution in [1.82, 2.24) is 0 Å². The Morgan fingerprint density at radius 1 is 0.446 bits per heavy atom. The van der Waals surface area contributed by atoms with Crippen LogP contribution in [-0.2, 0) is 32.7 Å². The van der Waals surface area contributed by atoms with Gasteiger partial charge in [0.15, 0.2) is 6.10 Å². The Morgan fingerprint density at radius 2 is 0.785 bits per heavy atom. The summed E-state index contributed by atoms with van der Waals surface area (Å²) in [6.45, 7) is 3.79. The molecule has 1 N–H and O–H groups in total. The van der Waals surface area contributed by atoms with Crippen molar-refractivity contribution >= 4 is 19.8 Å². The number of unbranched alkanes of at least 4 members (excludes halogenated alkanes) is 26. The monoisotopic (exact) mass is 931 g/mol. The maximum absolute atomic E-state index is 12.6. The van der Waals surface area contributed by atoms with Crippen LogP contribution in [0.1, 0.15) is 245 Å². The first-order valence-corrected chi connectivity index (χ1v) is 28.1. The maximum atomic E-state index is 12.6. The Labute approximate surface area is 400 Å². The van der Waals surface area contributed by atoms with E-state index in [1.165, 1.54) is 135 Å². The van der Waals surface area contributed by atoms with Gasteiger partial charge in [-0.2, -0.15) is 0 Å². The van der Waals surface area contributed by atoms with E-state index in [9.17, 15) is 19.0 Å². The predicted molar refractivity (Wildman–Crippen MR) is 276 cm³/mol. The minimum Gasteiger partial charge on any atom is -0.462 e. The average Bonchev–Trinajstić information content (AvgIpc) is 3.30. The van der Waals surface area contributed by atoms with Crippen LogP contribution < -0.4 is 0 Å². The molecule has 0 amide bonds. The lowest BCUT2D eigenvalue weighted by atomic mass is 10.0. The second kappa shape index (κ2) is 50.9. The fourth-order valence-corrected chi connectivity index (χ4v) is 7.85. The highest BCUT2D eigenvalue weighted by molar-refractivity contribution is 7.47. The molecule has 0 heterocycles. The van der Waals surface area contributed by atoms with E-state index in [0.29, 0.717) is 6.42 Å². The van der Waals surface area contributed by atoms with Gasteiger partial charge >= 0.3 is 19.8 Å². The number of carbonyl (C=O) groups excluding carboxylic acids is 2. The van der Waals surface area contributed by atoms with Crippen molar-refractivity contribution in [1.29, 1.82) is 0 Å². The zero-order valence-corrected chi connectivity index (χ0v) is 43.0. The lowest BCUT2D eigenvalue weighted by Gasteiger charge is -2.19. The summed E-state index contributed by atoms with van der Waals surface area (Å²) in [6.07, 6.45) is 66.8. The van der Waals surface area contributed by atoms with Crippen molar-refractivity contribution < 1.29 is 37.6 Å². The highest BCUT2D eigenvalue weighted by Crippen LogP contribution is 2.42. The summed E-state index contributed by atoms with van der Waals surface area (Å²) in [4.78, 5) is 34.7. The molecule has 0 aliphatic heterocycles. The second-order valence-corrected chi connectivity index (χ2v) is 19.2. The van der Waals surface area contributed by atoms with Crippen LogP contribution in [0.3, 0.4) is 0 Å². The fraction of sp³-hybridized carbons (Fsp3) is 0.750. The van der Waals surface area contributed by atoms with Crippen LogP contribution in [0.25, 0.3) is 0 Å². The number of esters is 2. The standard InChI is InChI=1S/C56H99O8P/c1-4-6-8-10-12-14-16-18-20-22-24-26-28-30-32-34-36-38-40-42-44-46-48-50-55(57)62-52-54(53-63-65(59,60)61-3)64-56(58)51-49-47-45-43-41-39-37-35-33-31-29-27-25-23-21-19-17-15-13-11-9-7-5-2/h7,9,13,15-16,18-19,21-22,24-25,27,54H,4-6,8,10-12,14,17,20,23,26,28-53H2,1-3H3,(H,59,60)/b9-7-,15-13-,18-16-,21-19-,24-22-,27-25-. The molecule has 0 radical (unpaired) electrons. The van der Waals surface area contributed by atoms with Gasteiger partial charge in [0.05, 0.1) is 6.61 Å².